The summed E-state index contributed by atoms with van der Waals surface area (Å²) in [4.78, 5) is 7.72. The van der Waals surface area contributed by atoms with Crippen molar-refractivity contribution < 1.29 is 22.6 Å². The van der Waals surface area contributed by atoms with Crippen LogP contribution in [0, 0.1) is 3.57 Å². The van der Waals surface area contributed by atoms with Crippen molar-refractivity contribution in [3.8, 4) is 17.4 Å². The average Bonchev–Trinajstić information content (AvgIpc) is 2.34. The van der Waals surface area contributed by atoms with E-state index >= 15 is 0 Å². The number of alkyl halides is 3. The lowest BCUT2D eigenvalue weighted by atomic mass is 10.3. The molecule has 0 spiro atoms. The van der Waals surface area contributed by atoms with Crippen molar-refractivity contribution >= 4 is 38.5 Å². The van der Waals surface area contributed by atoms with Crippen LogP contribution in [0.3, 0.4) is 0 Å². The van der Waals surface area contributed by atoms with Gasteiger partial charge in [0.05, 0.1) is 8.04 Å². The van der Waals surface area contributed by atoms with Crippen LogP contribution in [0.15, 0.2) is 35.2 Å². The monoisotopic (exact) mass is 460 g/mol. The number of nitrogens with zero attached hydrogens (tertiary/aromatic N) is 2. The lowest BCUT2D eigenvalue weighted by Crippen LogP contribution is -2.17. The van der Waals surface area contributed by atoms with E-state index in [0.717, 1.165) is 6.07 Å². The summed E-state index contributed by atoms with van der Waals surface area (Å²) in [6.07, 6.45) is -1.88. The van der Waals surface area contributed by atoms with Gasteiger partial charge in [-0.2, -0.15) is 0 Å². The average molecular weight is 461 g/mol. The van der Waals surface area contributed by atoms with Crippen molar-refractivity contribution in [3.05, 3.63) is 38.8 Å². The van der Waals surface area contributed by atoms with Gasteiger partial charge in [-0.05, 0) is 56.7 Å². The zero-order chi connectivity index (χ0) is 14.8. The number of benzene rings is 1. The fraction of sp³-hybridized carbons (Fsp3) is 0.0909. The first kappa shape index (κ1) is 15.3. The lowest BCUT2D eigenvalue weighted by Gasteiger charge is -2.12. The first-order chi connectivity index (χ1) is 9.35. The van der Waals surface area contributed by atoms with E-state index in [1.807, 2.05) is 22.6 Å². The number of ether oxygens (including phenoxy) is 2. The van der Waals surface area contributed by atoms with Gasteiger partial charge in [0.2, 0.25) is 5.88 Å². The second kappa shape index (κ2) is 6.12. The topological polar surface area (TPSA) is 44.2 Å². The number of hydrogen-bond donors (Lipinski definition) is 0. The third kappa shape index (κ3) is 4.20. The Hall–Kier alpha value is -1.10. The quantitative estimate of drug-likeness (QED) is 0.631. The molecule has 106 valence electrons. The minimum absolute atomic E-state index is 0.122. The van der Waals surface area contributed by atoms with E-state index in [-0.39, 0.29) is 10.2 Å². The maximum Gasteiger partial charge on any atom is 0.573 e. The Morgan fingerprint density at radius 2 is 2.00 bits per heavy atom. The van der Waals surface area contributed by atoms with E-state index in [1.165, 1.54) is 18.5 Å². The first-order valence-corrected chi connectivity index (χ1v) is 6.91. The SMILES string of the molecule is FC(F)(F)Oc1ccc(Oc2ncncc2I)cc1Br. The number of rotatable bonds is 3. The van der Waals surface area contributed by atoms with Gasteiger partial charge in [0.15, 0.2) is 0 Å². The van der Waals surface area contributed by atoms with Crippen LogP contribution in [-0.2, 0) is 0 Å². The molecule has 0 unspecified atom stereocenters. The van der Waals surface area contributed by atoms with Crippen LogP contribution in [-0.4, -0.2) is 16.3 Å². The Kier molecular flexibility index (Phi) is 4.68. The van der Waals surface area contributed by atoms with Crippen LogP contribution in [0.4, 0.5) is 13.2 Å². The maximum absolute atomic E-state index is 12.1. The molecular weight excluding hydrogens is 456 g/mol. The fourth-order valence-corrected chi connectivity index (χ4v) is 2.09. The zero-order valence-electron chi connectivity index (χ0n) is 9.49. The summed E-state index contributed by atoms with van der Waals surface area (Å²) in [6.45, 7) is 0. The summed E-state index contributed by atoms with van der Waals surface area (Å²) in [5, 5.41) is 0. The lowest BCUT2D eigenvalue weighted by molar-refractivity contribution is -0.274. The molecule has 0 aliphatic carbocycles. The Labute approximate surface area is 133 Å². The van der Waals surface area contributed by atoms with E-state index in [1.54, 1.807) is 6.20 Å². The second-order valence-electron chi connectivity index (χ2n) is 3.42. The molecule has 0 radical (unpaired) electrons. The van der Waals surface area contributed by atoms with Crippen molar-refractivity contribution in [2.75, 3.05) is 0 Å². The summed E-state index contributed by atoms with van der Waals surface area (Å²) in [7, 11) is 0. The number of hydrogen-bond acceptors (Lipinski definition) is 4. The molecule has 0 N–H and O–H groups in total. The summed E-state index contributed by atoms with van der Waals surface area (Å²) in [5.41, 5.74) is 0. The van der Waals surface area contributed by atoms with Crippen LogP contribution in [0.25, 0.3) is 0 Å². The standard InChI is InChI=1S/C11H5BrF3IN2O2/c12-7-3-6(1-2-9(7)20-11(13,14)15)19-10-8(16)4-17-5-18-10/h1-5H. The predicted octanol–water partition coefficient (Wildman–Crippen LogP) is 4.53. The first-order valence-electron chi connectivity index (χ1n) is 5.04. The molecule has 2 rings (SSSR count). The normalized spacial score (nSPS) is 11.2. The van der Waals surface area contributed by atoms with E-state index in [9.17, 15) is 13.2 Å². The van der Waals surface area contributed by atoms with Crippen molar-refractivity contribution in [2.45, 2.75) is 6.36 Å². The number of halogens is 5. The molecule has 0 aliphatic heterocycles. The minimum Gasteiger partial charge on any atom is -0.438 e. The molecular formula is C11H5BrF3IN2O2. The summed E-state index contributed by atoms with van der Waals surface area (Å²) in [6, 6.07) is 3.87. The number of aromatic nitrogens is 2. The van der Waals surface area contributed by atoms with Gasteiger partial charge in [-0.25, -0.2) is 9.97 Å². The molecule has 20 heavy (non-hydrogen) atoms. The molecule has 0 fully saturated rings. The summed E-state index contributed by atoms with van der Waals surface area (Å²) < 4.78 is 46.5. The highest BCUT2D eigenvalue weighted by atomic mass is 127. The second-order valence-corrected chi connectivity index (χ2v) is 5.43. The molecule has 0 saturated heterocycles. The van der Waals surface area contributed by atoms with E-state index in [4.69, 9.17) is 4.74 Å². The van der Waals surface area contributed by atoms with Gasteiger partial charge in [-0.15, -0.1) is 13.2 Å². The van der Waals surface area contributed by atoms with Gasteiger partial charge in [0, 0.05) is 6.20 Å². The summed E-state index contributed by atoms with van der Waals surface area (Å²) >= 11 is 4.98. The molecule has 1 aromatic carbocycles. The highest BCUT2D eigenvalue weighted by molar-refractivity contribution is 14.1. The van der Waals surface area contributed by atoms with Crippen molar-refractivity contribution in [1.29, 1.82) is 0 Å². The van der Waals surface area contributed by atoms with E-state index in [2.05, 4.69) is 30.6 Å². The Morgan fingerprint density at radius 1 is 1.25 bits per heavy atom. The molecule has 0 atom stereocenters. The van der Waals surface area contributed by atoms with Gasteiger partial charge < -0.3 is 9.47 Å². The van der Waals surface area contributed by atoms with Crippen LogP contribution >= 0.6 is 38.5 Å². The molecule has 0 aliphatic rings. The van der Waals surface area contributed by atoms with Gasteiger partial charge >= 0.3 is 6.36 Å². The zero-order valence-corrected chi connectivity index (χ0v) is 13.2. The van der Waals surface area contributed by atoms with Crippen molar-refractivity contribution in [1.82, 2.24) is 9.97 Å². The van der Waals surface area contributed by atoms with Crippen LogP contribution in [0.2, 0.25) is 0 Å². The predicted molar refractivity (Wildman–Crippen MR) is 75.6 cm³/mol. The molecule has 2 aromatic rings. The van der Waals surface area contributed by atoms with E-state index < -0.39 is 6.36 Å². The van der Waals surface area contributed by atoms with Crippen LogP contribution in [0.5, 0.6) is 17.4 Å². The largest absolute Gasteiger partial charge is 0.573 e. The maximum atomic E-state index is 12.1. The van der Waals surface area contributed by atoms with Gasteiger partial charge in [-0.1, -0.05) is 0 Å². The Morgan fingerprint density at radius 3 is 2.60 bits per heavy atom. The van der Waals surface area contributed by atoms with Gasteiger partial charge in [0.25, 0.3) is 0 Å². The Bertz CT molecular complexity index is 625. The molecule has 9 heteroatoms. The van der Waals surface area contributed by atoms with Crippen molar-refractivity contribution in [2.24, 2.45) is 0 Å². The smallest absolute Gasteiger partial charge is 0.438 e. The molecule has 0 amide bonds. The molecule has 1 aromatic heterocycles. The molecule has 0 saturated carbocycles. The molecule has 1 heterocycles. The third-order valence-corrected chi connectivity index (χ3v) is 3.34. The van der Waals surface area contributed by atoms with Crippen molar-refractivity contribution in [3.63, 3.8) is 0 Å². The Balaban J connectivity index is 2.19. The van der Waals surface area contributed by atoms with Gasteiger partial charge in [-0.3, -0.25) is 0 Å². The highest BCUT2D eigenvalue weighted by Crippen LogP contribution is 2.34. The van der Waals surface area contributed by atoms with Crippen LogP contribution in [0.1, 0.15) is 0 Å². The third-order valence-electron chi connectivity index (χ3n) is 1.98. The van der Waals surface area contributed by atoms with Crippen LogP contribution < -0.4 is 9.47 Å². The minimum atomic E-state index is -4.74. The summed E-state index contributed by atoms with van der Waals surface area (Å²) in [5.74, 6) is 0.294. The fourth-order valence-electron chi connectivity index (χ4n) is 1.24. The van der Waals surface area contributed by atoms with Gasteiger partial charge in [0.1, 0.15) is 17.8 Å². The molecule has 0 bridgehead atoms. The molecule has 4 nitrogen and oxygen atoms in total. The highest BCUT2D eigenvalue weighted by Gasteiger charge is 2.32. The van der Waals surface area contributed by atoms with E-state index in [0.29, 0.717) is 15.2 Å².